The normalized spacial score (nSPS) is 18.2. The van der Waals surface area contributed by atoms with E-state index < -0.39 is 0 Å². The summed E-state index contributed by atoms with van der Waals surface area (Å²) in [6.07, 6.45) is 1.41. The Morgan fingerprint density at radius 2 is 2.05 bits per heavy atom. The summed E-state index contributed by atoms with van der Waals surface area (Å²) in [5, 5.41) is 12.6. The van der Waals surface area contributed by atoms with Crippen LogP contribution in [0.25, 0.3) is 11.3 Å². The number of aromatic hydroxyl groups is 1. The fourth-order valence-corrected chi connectivity index (χ4v) is 2.64. The van der Waals surface area contributed by atoms with Crippen LogP contribution in [-0.4, -0.2) is 46.6 Å². The zero-order valence-electron chi connectivity index (χ0n) is 12.5. The van der Waals surface area contributed by atoms with Crippen LogP contribution in [0, 0.1) is 0 Å². The summed E-state index contributed by atoms with van der Waals surface area (Å²) in [7, 11) is 0. The van der Waals surface area contributed by atoms with E-state index in [1.807, 2.05) is 29.2 Å². The molecule has 2 N–H and O–H groups in total. The smallest absolute Gasteiger partial charge is 0.253 e. The van der Waals surface area contributed by atoms with Gasteiger partial charge in [-0.25, -0.2) is 0 Å². The zero-order valence-corrected chi connectivity index (χ0v) is 12.5. The monoisotopic (exact) mass is 297 g/mol. The standard InChI is InChI=1S/C17H19N3O2/c1-12-11-20(9-8-18-12)17(22)14-4-2-13(3-5-14)16-7-6-15(21)10-19-16/h2-7,10,12,18,21H,8-9,11H2,1H3/t12-/m1/s1. The van der Waals surface area contributed by atoms with Crippen molar-refractivity contribution in [2.24, 2.45) is 0 Å². The molecule has 0 unspecified atom stereocenters. The van der Waals surface area contributed by atoms with Gasteiger partial charge >= 0.3 is 0 Å². The van der Waals surface area contributed by atoms with Gasteiger partial charge in [-0.05, 0) is 31.2 Å². The van der Waals surface area contributed by atoms with Crippen LogP contribution in [0.1, 0.15) is 17.3 Å². The van der Waals surface area contributed by atoms with E-state index >= 15 is 0 Å². The van der Waals surface area contributed by atoms with Crippen LogP contribution in [0.5, 0.6) is 5.75 Å². The Morgan fingerprint density at radius 1 is 1.27 bits per heavy atom. The molecule has 0 radical (unpaired) electrons. The number of rotatable bonds is 2. The maximum absolute atomic E-state index is 12.5. The molecule has 0 bridgehead atoms. The van der Waals surface area contributed by atoms with Crippen molar-refractivity contribution < 1.29 is 9.90 Å². The van der Waals surface area contributed by atoms with Gasteiger partial charge in [0, 0.05) is 36.8 Å². The lowest BCUT2D eigenvalue weighted by molar-refractivity contribution is 0.0709. The molecule has 3 rings (SSSR count). The summed E-state index contributed by atoms with van der Waals surface area (Å²) < 4.78 is 0. The Kier molecular flexibility index (Phi) is 4.06. The largest absolute Gasteiger partial charge is 0.506 e. The van der Waals surface area contributed by atoms with Crippen LogP contribution in [-0.2, 0) is 0 Å². The maximum atomic E-state index is 12.5. The van der Waals surface area contributed by atoms with Crippen molar-refractivity contribution in [2.45, 2.75) is 13.0 Å². The minimum Gasteiger partial charge on any atom is -0.506 e. The first-order valence-electron chi connectivity index (χ1n) is 7.41. The van der Waals surface area contributed by atoms with Gasteiger partial charge in [-0.1, -0.05) is 12.1 Å². The molecule has 0 spiro atoms. The van der Waals surface area contributed by atoms with Crippen molar-refractivity contribution >= 4 is 5.91 Å². The van der Waals surface area contributed by atoms with Gasteiger partial charge in [0.2, 0.25) is 0 Å². The van der Waals surface area contributed by atoms with Crippen LogP contribution < -0.4 is 5.32 Å². The third kappa shape index (κ3) is 3.09. The second-order valence-corrected chi connectivity index (χ2v) is 5.59. The highest BCUT2D eigenvalue weighted by atomic mass is 16.3. The van der Waals surface area contributed by atoms with E-state index in [1.54, 1.807) is 12.1 Å². The van der Waals surface area contributed by atoms with Gasteiger partial charge in [0.25, 0.3) is 5.91 Å². The van der Waals surface area contributed by atoms with Crippen molar-refractivity contribution in [2.75, 3.05) is 19.6 Å². The Bertz CT molecular complexity index is 653. The molecule has 1 aliphatic rings. The van der Waals surface area contributed by atoms with Crippen molar-refractivity contribution in [3.63, 3.8) is 0 Å². The second kappa shape index (κ2) is 6.15. The van der Waals surface area contributed by atoms with E-state index in [0.717, 1.165) is 30.9 Å². The number of carbonyl (C=O) groups excluding carboxylic acids is 1. The lowest BCUT2D eigenvalue weighted by Crippen LogP contribution is -2.51. The third-order valence-corrected chi connectivity index (χ3v) is 3.83. The minimum absolute atomic E-state index is 0.0681. The van der Waals surface area contributed by atoms with Crippen molar-refractivity contribution in [3.05, 3.63) is 48.2 Å². The zero-order chi connectivity index (χ0) is 15.5. The van der Waals surface area contributed by atoms with Crippen LogP contribution in [0.15, 0.2) is 42.6 Å². The van der Waals surface area contributed by atoms with Crippen molar-refractivity contribution in [3.8, 4) is 17.0 Å². The fraction of sp³-hybridized carbons (Fsp3) is 0.294. The number of piperazine rings is 1. The topological polar surface area (TPSA) is 65.5 Å². The van der Waals surface area contributed by atoms with Gasteiger partial charge in [0.15, 0.2) is 0 Å². The Balaban J connectivity index is 1.76. The molecular formula is C17H19N3O2. The number of benzene rings is 1. The quantitative estimate of drug-likeness (QED) is 0.888. The van der Waals surface area contributed by atoms with Gasteiger partial charge in [0.05, 0.1) is 11.9 Å². The lowest BCUT2D eigenvalue weighted by Gasteiger charge is -2.32. The maximum Gasteiger partial charge on any atom is 0.253 e. The Morgan fingerprint density at radius 3 is 2.68 bits per heavy atom. The van der Waals surface area contributed by atoms with Gasteiger partial charge in [-0.3, -0.25) is 9.78 Å². The molecule has 0 saturated carbocycles. The summed E-state index contributed by atoms with van der Waals surface area (Å²) >= 11 is 0. The SMILES string of the molecule is C[C@@H]1CN(C(=O)c2ccc(-c3ccc(O)cn3)cc2)CCN1. The summed E-state index contributed by atoms with van der Waals surface area (Å²) in [5.74, 6) is 0.210. The molecule has 5 heteroatoms. The molecule has 2 heterocycles. The van der Waals surface area contributed by atoms with Gasteiger partial charge in [-0.15, -0.1) is 0 Å². The number of hydrogen-bond donors (Lipinski definition) is 2. The molecular weight excluding hydrogens is 278 g/mol. The molecule has 1 aromatic carbocycles. The predicted molar refractivity (Wildman–Crippen MR) is 84.7 cm³/mol. The second-order valence-electron chi connectivity index (χ2n) is 5.59. The number of aromatic nitrogens is 1. The third-order valence-electron chi connectivity index (χ3n) is 3.83. The molecule has 2 aromatic rings. The molecule has 1 atom stereocenters. The van der Waals surface area contributed by atoms with E-state index in [4.69, 9.17) is 0 Å². The van der Waals surface area contributed by atoms with E-state index in [2.05, 4.69) is 17.2 Å². The fourth-order valence-electron chi connectivity index (χ4n) is 2.64. The van der Waals surface area contributed by atoms with Crippen LogP contribution in [0.4, 0.5) is 0 Å². The molecule has 0 aliphatic carbocycles. The Labute approximate surface area is 129 Å². The van der Waals surface area contributed by atoms with Crippen LogP contribution in [0.3, 0.4) is 0 Å². The predicted octanol–water partition coefficient (Wildman–Crippen LogP) is 1.89. The number of amides is 1. The first-order valence-corrected chi connectivity index (χ1v) is 7.41. The highest BCUT2D eigenvalue weighted by molar-refractivity contribution is 5.94. The van der Waals surface area contributed by atoms with Gasteiger partial charge < -0.3 is 15.3 Å². The molecule has 1 aliphatic heterocycles. The Hall–Kier alpha value is -2.40. The molecule has 1 saturated heterocycles. The van der Waals surface area contributed by atoms with Gasteiger partial charge in [-0.2, -0.15) is 0 Å². The first kappa shape index (κ1) is 14.5. The highest BCUT2D eigenvalue weighted by Gasteiger charge is 2.21. The van der Waals surface area contributed by atoms with Crippen molar-refractivity contribution in [1.82, 2.24) is 15.2 Å². The minimum atomic E-state index is 0.0681. The van der Waals surface area contributed by atoms with E-state index in [-0.39, 0.29) is 11.7 Å². The molecule has 114 valence electrons. The first-order chi connectivity index (χ1) is 10.6. The average Bonchev–Trinajstić information content (AvgIpc) is 2.55. The number of carbonyl (C=O) groups is 1. The van der Waals surface area contributed by atoms with E-state index in [0.29, 0.717) is 11.6 Å². The summed E-state index contributed by atoms with van der Waals surface area (Å²) in [6, 6.07) is 11.1. The van der Waals surface area contributed by atoms with E-state index in [1.165, 1.54) is 6.20 Å². The number of pyridine rings is 1. The lowest BCUT2D eigenvalue weighted by atomic mass is 10.1. The number of nitrogens with zero attached hydrogens (tertiary/aromatic N) is 2. The average molecular weight is 297 g/mol. The van der Waals surface area contributed by atoms with Gasteiger partial charge in [0.1, 0.15) is 5.75 Å². The van der Waals surface area contributed by atoms with Crippen LogP contribution >= 0.6 is 0 Å². The molecule has 1 aromatic heterocycles. The van der Waals surface area contributed by atoms with Crippen molar-refractivity contribution in [1.29, 1.82) is 0 Å². The summed E-state index contributed by atoms with van der Waals surface area (Å²) in [5.41, 5.74) is 2.38. The van der Waals surface area contributed by atoms with Crippen LogP contribution in [0.2, 0.25) is 0 Å². The number of hydrogen-bond acceptors (Lipinski definition) is 4. The highest BCUT2D eigenvalue weighted by Crippen LogP contribution is 2.20. The summed E-state index contributed by atoms with van der Waals surface area (Å²) in [4.78, 5) is 18.5. The number of nitrogens with one attached hydrogen (secondary N) is 1. The summed E-state index contributed by atoms with van der Waals surface area (Å²) in [6.45, 7) is 4.39. The van der Waals surface area contributed by atoms with E-state index in [9.17, 15) is 9.90 Å². The molecule has 5 nitrogen and oxygen atoms in total. The molecule has 1 fully saturated rings. The molecule has 22 heavy (non-hydrogen) atoms. The molecule has 1 amide bonds.